The van der Waals surface area contributed by atoms with E-state index in [1.165, 1.54) is 24.3 Å². The van der Waals surface area contributed by atoms with E-state index in [1.807, 2.05) is 24.3 Å². The van der Waals surface area contributed by atoms with E-state index in [-0.39, 0.29) is 23.2 Å². The van der Waals surface area contributed by atoms with Crippen molar-refractivity contribution in [3.63, 3.8) is 0 Å². The monoisotopic (exact) mass is 450 g/mol. The first-order valence-electron chi connectivity index (χ1n) is 10.5. The molecule has 3 aromatic rings. The van der Waals surface area contributed by atoms with Crippen molar-refractivity contribution in [3.05, 3.63) is 70.5 Å². The second kappa shape index (κ2) is 9.51. The maximum Gasteiger partial charge on any atom is 0.313 e. The van der Waals surface area contributed by atoms with E-state index in [1.54, 1.807) is 11.0 Å². The van der Waals surface area contributed by atoms with Gasteiger partial charge in [-0.15, -0.1) is 0 Å². The molecule has 0 aliphatic carbocycles. The lowest BCUT2D eigenvalue weighted by Gasteiger charge is -2.31. The summed E-state index contributed by atoms with van der Waals surface area (Å²) in [5.74, 6) is -1.33. The Hall–Kier alpha value is -4.21. The summed E-state index contributed by atoms with van der Waals surface area (Å²) >= 11 is 0. The summed E-state index contributed by atoms with van der Waals surface area (Å²) in [5.41, 5.74) is 0.853. The maximum absolute atomic E-state index is 12.7. The molecule has 0 atom stereocenters. The Balaban J connectivity index is 1.22. The highest BCUT2D eigenvalue weighted by molar-refractivity contribution is 6.39. The Morgan fingerprint density at radius 3 is 2.39 bits per heavy atom. The Morgan fingerprint density at radius 2 is 1.73 bits per heavy atom. The summed E-state index contributed by atoms with van der Waals surface area (Å²) in [5, 5.41) is 16.6. The molecule has 1 aromatic heterocycles. The van der Waals surface area contributed by atoms with Crippen molar-refractivity contribution < 1.29 is 23.7 Å². The van der Waals surface area contributed by atoms with E-state index in [0.29, 0.717) is 43.8 Å². The normalized spacial score (nSPS) is 14.1. The zero-order chi connectivity index (χ0) is 23.4. The quantitative estimate of drug-likeness (QED) is 0.349. The number of nitrogens with one attached hydrogen (secondary N) is 2. The van der Waals surface area contributed by atoms with Crippen LogP contribution in [0, 0.1) is 16.0 Å². The Morgan fingerprint density at radius 1 is 1.03 bits per heavy atom. The van der Waals surface area contributed by atoms with Crippen molar-refractivity contribution in [1.29, 1.82) is 0 Å². The first-order valence-corrected chi connectivity index (χ1v) is 10.5. The second-order valence-corrected chi connectivity index (χ2v) is 7.85. The molecule has 170 valence electrons. The zero-order valence-corrected chi connectivity index (χ0v) is 17.7. The number of carbonyl (C=O) groups is 3. The molecule has 1 fully saturated rings. The van der Waals surface area contributed by atoms with Crippen LogP contribution in [-0.2, 0) is 9.59 Å². The molecule has 0 bridgehead atoms. The molecule has 2 N–H and O–H groups in total. The van der Waals surface area contributed by atoms with Gasteiger partial charge < -0.3 is 20.0 Å². The van der Waals surface area contributed by atoms with Gasteiger partial charge in [0.05, 0.1) is 4.92 Å². The Labute approximate surface area is 188 Å². The highest BCUT2D eigenvalue weighted by atomic mass is 16.6. The summed E-state index contributed by atoms with van der Waals surface area (Å²) in [6.45, 7) is 1.38. The van der Waals surface area contributed by atoms with Crippen LogP contribution in [0.1, 0.15) is 23.4 Å². The molecule has 0 radical (unpaired) electrons. The van der Waals surface area contributed by atoms with Gasteiger partial charge in [0.2, 0.25) is 0 Å². The lowest BCUT2D eigenvalue weighted by molar-refractivity contribution is -0.384. The molecule has 10 heteroatoms. The van der Waals surface area contributed by atoms with Crippen molar-refractivity contribution in [2.45, 2.75) is 12.8 Å². The molecule has 0 unspecified atom stereocenters. The van der Waals surface area contributed by atoms with Gasteiger partial charge in [0.15, 0.2) is 5.76 Å². The Kier molecular flexibility index (Phi) is 6.34. The molecular weight excluding hydrogens is 428 g/mol. The number of anilines is 1. The largest absolute Gasteiger partial charge is 0.451 e. The van der Waals surface area contributed by atoms with Crippen molar-refractivity contribution in [1.82, 2.24) is 10.2 Å². The van der Waals surface area contributed by atoms with Gasteiger partial charge in [-0.25, -0.2) is 0 Å². The predicted octanol–water partition coefficient (Wildman–Crippen LogP) is 2.95. The number of hydrogen-bond donors (Lipinski definition) is 2. The fourth-order valence-electron chi connectivity index (χ4n) is 3.75. The minimum absolute atomic E-state index is 0.109. The minimum Gasteiger partial charge on any atom is -0.451 e. The number of carbonyl (C=O) groups excluding carboxylic acids is 3. The molecule has 33 heavy (non-hydrogen) atoms. The number of piperidine rings is 1. The van der Waals surface area contributed by atoms with Crippen LogP contribution >= 0.6 is 0 Å². The molecule has 4 rings (SSSR count). The van der Waals surface area contributed by atoms with E-state index in [4.69, 9.17) is 4.42 Å². The van der Waals surface area contributed by atoms with Gasteiger partial charge in [0, 0.05) is 42.8 Å². The van der Waals surface area contributed by atoms with Crippen LogP contribution in [0.5, 0.6) is 0 Å². The van der Waals surface area contributed by atoms with Crippen LogP contribution in [0.3, 0.4) is 0 Å². The fourth-order valence-corrected chi connectivity index (χ4v) is 3.75. The van der Waals surface area contributed by atoms with Crippen LogP contribution in [0.2, 0.25) is 0 Å². The van der Waals surface area contributed by atoms with E-state index in [9.17, 15) is 24.5 Å². The zero-order valence-electron chi connectivity index (χ0n) is 17.7. The van der Waals surface area contributed by atoms with E-state index in [0.717, 1.165) is 5.39 Å². The molecular formula is C23H22N4O6. The van der Waals surface area contributed by atoms with E-state index >= 15 is 0 Å². The topological polar surface area (TPSA) is 135 Å². The Bertz CT molecular complexity index is 1160. The summed E-state index contributed by atoms with van der Waals surface area (Å²) in [7, 11) is 0. The van der Waals surface area contributed by atoms with Gasteiger partial charge in [-0.05, 0) is 43.0 Å². The molecule has 1 saturated heterocycles. The van der Waals surface area contributed by atoms with Crippen LogP contribution in [-0.4, -0.2) is 47.2 Å². The number of furan rings is 1. The van der Waals surface area contributed by atoms with Crippen molar-refractivity contribution in [2.24, 2.45) is 5.92 Å². The summed E-state index contributed by atoms with van der Waals surface area (Å²) in [6, 6.07) is 14.4. The summed E-state index contributed by atoms with van der Waals surface area (Å²) < 4.78 is 5.66. The molecule has 0 spiro atoms. The lowest BCUT2D eigenvalue weighted by Crippen LogP contribution is -2.43. The number of nitrogens with zero attached hydrogens (tertiary/aromatic N) is 2. The highest BCUT2D eigenvalue weighted by Gasteiger charge is 2.26. The van der Waals surface area contributed by atoms with Crippen LogP contribution in [0.15, 0.2) is 59.0 Å². The number of nitro groups is 1. The second-order valence-electron chi connectivity index (χ2n) is 7.85. The third-order valence-corrected chi connectivity index (χ3v) is 5.63. The number of amides is 3. The standard InChI is InChI=1S/C23H22N4O6/c28-21(22(29)25-17-5-7-18(8-6-17)27(31)32)24-14-15-9-11-26(12-10-15)23(30)20-13-16-3-1-2-4-19(16)33-20/h1-8,13,15H,9-12,14H2,(H,24,28)(H,25,29). The first-order chi connectivity index (χ1) is 15.9. The number of rotatable bonds is 5. The molecule has 1 aliphatic rings. The van der Waals surface area contributed by atoms with Crippen LogP contribution < -0.4 is 10.6 Å². The number of non-ortho nitro benzene ring substituents is 1. The molecule has 3 amide bonds. The molecule has 0 saturated carbocycles. The summed E-state index contributed by atoms with van der Waals surface area (Å²) in [6.07, 6.45) is 1.38. The predicted molar refractivity (Wildman–Crippen MR) is 120 cm³/mol. The number of benzene rings is 2. The molecule has 10 nitrogen and oxygen atoms in total. The van der Waals surface area contributed by atoms with Crippen molar-refractivity contribution in [2.75, 3.05) is 25.0 Å². The fraction of sp³-hybridized carbons (Fsp3) is 0.261. The average Bonchev–Trinajstić information content (AvgIpc) is 3.27. The van der Waals surface area contributed by atoms with Gasteiger partial charge in [0.25, 0.3) is 11.6 Å². The SMILES string of the molecule is O=C(NCC1CCN(C(=O)c2cc3ccccc3o2)CC1)C(=O)Nc1ccc([N+](=O)[O-])cc1. The number of likely N-dealkylation sites (tertiary alicyclic amines) is 1. The molecule has 1 aliphatic heterocycles. The van der Waals surface area contributed by atoms with Gasteiger partial charge in [-0.1, -0.05) is 18.2 Å². The number of nitro benzene ring substituents is 1. The first kappa shape index (κ1) is 22.0. The number of para-hydroxylation sites is 1. The minimum atomic E-state index is -0.846. The number of fused-ring (bicyclic) bond motifs is 1. The van der Waals surface area contributed by atoms with Crippen LogP contribution in [0.4, 0.5) is 11.4 Å². The smallest absolute Gasteiger partial charge is 0.313 e. The van der Waals surface area contributed by atoms with E-state index in [2.05, 4.69) is 10.6 Å². The van der Waals surface area contributed by atoms with E-state index < -0.39 is 16.7 Å². The summed E-state index contributed by atoms with van der Waals surface area (Å²) in [4.78, 5) is 48.7. The lowest BCUT2D eigenvalue weighted by atomic mass is 9.96. The molecule has 2 aromatic carbocycles. The molecule has 2 heterocycles. The van der Waals surface area contributed by atoms with Gasteiger partial charge in [-0.3, -0.25) is 24.5 Å². The van der Waals surface area contributed by atoms with Crippen molar-refractivity contribution in [3.8, 4) is 0 Å². The van der Waals surface area contributed by atoms with Gasteiger partial charge in [-0.2, -0.15) is 0 Å². The van der Waals surface area contributed by atoms with Gasteiger partial charge >= 0.3 is 11.8 Å². The van der Waals surface area contributed by atoms with Crippen LogP contribution in [0.25, 0.3) is 11.0 Å². The number of hydrogen-bond acceptors (Lipinski definition) is 6. The van der Waals surface area contributed by atoms with Gasteiger partial charge in [0.1, 0.15) is 5.58 Å². The maximum atomic E-state index is 12.7. The third kappa shape index (κ3) is 5.17. The average molecular weight is 450 g/mol. The third-order valence-electron chi connectivity index (χ3n) is 5.63. The van der Waals surface area contributed by atoms with Crippen molar-refractivity contribution >= 4 is 40.1 Å². The highest BCUT2D eigenvalue weighted by Crippen LogP contribution is 2.23.